The molecule has 1 unspecified atom stereocenters. The summed E-state index contributed by atoms with van der Waals surface area (Å²) in [6.07, 6.45) is 2.01. The number of aliphatic carboxylic acids is 1. The summed E-state index contributed by atoms with van der Waals surface area (Å²) in [5.74, 6) is -1.44. The topological polar surface area (TPSA) is 162 Å². The molecule has 1 amide bonds. The van der Waals surface area contributed by atoms with Gasteiger partial charge in [0.15, 0.2) is 9.90 Å². The van der Waals surface area contributed by atoms with Crippen molar-refractivity contribution in [3.63, 3.8) is 0 Å². The summed E-state index contributed by atoms with van der Waals surface area (Å²) in [6.45, 7) is 4.15. The molecule has 0 bridgehead atoms. The van der Waals surface area contributed by atoms with E-state index in [1.54, 1.807) is 46.1 Å². The van der Waals surface area contributed by atoms with E-state index in [0.717, 1.165) is 23.3 Å². The fourth-order valence-electron chi connectivity index (χ4n) is 4.47. The number of ether oxygens (including phenoxy) is 2. The Bertz CT molecular complexity index is 1520. The third kappa shape index (κ3) is 6.39. The number of nitrogens with two attached hydrogens (primary N) is 1. The van der Waals surface area contributed by atoms with Crippen molar-refractivity contribution in [2.24, 2.45) is 5.73 Å². The van der Waals surface area contributed by atoms with Crippen LogP contribution in [0, 0.1) is 0 Å². The zero-order chi connectivity index (χ0) is 30.1. The fourth-order valence-corrected chi connectivity index (χ4v) is 6.05. The summed E-state index contributed by atoms with van der Waals surface area (Å²) in [5.41, 5.74) is 7.08. The van der Waals surface area contributed by atoms with Crippen LogP contribution in [0.1, 0.15) is 50.4 Å². The van der Waals surface area contributed by atoms with Crippen LogP contribution in [0.15, 0.2) is 71.9 Å². The number of amides is 1. The van der Waals surface area contributed by atoms with Gasteiger partial charge < -0.3 is 20.3 Å². The molecule has 1 aliphatic carbocycles. The smallest absolute Gasteiger partial charge is 0.416 e. The second kappa shape index (κ2) is 11.2. The van der Waals surface area contributed by atoms with Crippen LogP contribution in [0.2, 0.25) is 0 Å². The molecule has 2 heterocycles. The van der Waals surface area contributed by atoms with Gasteiger partial charge in [-0.05, 0) is 69.0 Å². The lowest BCUT2D eigenvalue weighted by molar-refractivity contribution is -0.135. The Morgan fingerprint density at radius 2 is 1.73 bits per heavy atom. The lowest BCUT2D eigenvalue weighted by Gasteiger charge is -2.30. The number of carbonyl (C=O) groups excluding carboxylic acids is 1. The molecule has 12 heteroatoms. The molecular weight excluding hydrogens is 548 g/mol. The highest BCUT2D eigenvalue weighted by Crippen LogP contribution is 2.48. The maximum Gasteiger partial charge on any atom is 0.416 e. The first-order chi connectivity index (χ1) is 19.2. The number of nitrogens with zero attached hydrogens (tertiary/aromatic N) is 3. The van der Waals surface area contributed by atoms with Crippen LogP contribution in [-0.4, -0.2) is 54.8 Å². The van der Waals surface area contributed by atoms with Gasteiger partial charge in [-0.3, -0.25) is 9.69 Å². The van der Waals surface area contributed by atoms with Gasteiger partial charge in [0.1, 0.15) is 18.0 Å². The molecule has 0 spiro atoms. The molecule has 4 rings (SSSR count). The van der Waals surface area contributed by atoms with Crippen molar-refractivity contribution >= 4 is 27.7 Å². The summed E-state index contributed by atoms with van der Waals surface area (Å²) in [4.78, 5) is 31.7. The first kappa shape index (κ1) is 30.1. The van der Waals surface area contributed by atoms with Gasteiger partial charge in [-0.2, -0.15) is 0 Å². The Kier molecular flexibility index (Phi) is 8.21. The second-order valence-electron chi connectivity index (χ2n) is 11.0. The molecule has 3 N–H and O–H groups in total. The van der Waals surface area contributed by atoms with E-state index in [0.29, 0.717) is 5.56 Å². The Hall–Kier alpha value is -3.87. The Morgan fingerprint density at radius 3 is 2.27 bits per heavy atom. The Morgan fingerprint density at radius 1 is 1.05 bits per heavy atom. The van der Waals surface area contributed by atoms with Gasteiger partial charge in [0.05, 0.1) is 11.3 Å². The van der Waals surface area contributed by atoms with E-state index < -0.39 is 38.9 Å². The van der Waals surface area contributed by atoms with Gasteiger partial charge in [0.25, 0.3) is 0 Å². The average molecular weight is 583 g/mol. The van der Waals surface area contributed by atoms with Gasteiger partial charge in [-0.25, -0.2) is 23.2 Å². The zero-order valence-corrected chi connectivity index (χ0v) is 24.2. The molecule has 2 aromatic heterocycles. The lowest BCUT2D eigenvalue weighted by Crippen LogP contribution is -2.48. The predicted molar refractivity (Wildman–Crippen MR) is 151 cm³/mol. The number of carboxylic acid groups (broad SMARTS) is 1. The van der Waals surface area contributed by atoms with Gasteiger partial charge in [0, 0.05) is 19.7 Å². The van der Waals surface area contributed by atoms with E-state index in [-0.39, 0.29) is 28.6 Å². The summed E-state index contributed by atoms with van der Waals surface area (Å²) in [6, 6.07) is 16.1. The Labute approximate surface area is 239 Å². The number of carboxylic acids is 1. The molecule has 41 heavy (non-hydrogen) atoms. The van der Waals surface area contributed by atoms with Gasteiger partial charge in [-0.1, -0.05) is 36.4 Å². The first-order valence-electron chi connectivity index (χ1n) is 13.0. The van der Waals surface area contributed by atoms with E-state index in [1.165, 1.54) is 36.5 Å². The summed E-state index contributed by atoms with van der Waals surface area (Å²) < 4.78 is 39.2. The van der Waals surface area contributed by atoms with Crippen LogP contribution in [0.25, 0.3) is 0 Å². The number of carbonyl (C=O) groups is 2. The third-order valence-electron chi connectivity index (χ3n) is 6.79. The predicted octanol–water partition coefficient (Wildman–Crippen LogP) is 3.77. The minimum Gasteiger partial charge on any atom is -0.480 e. The molecule has 0 radical (unpaired) electrons. The molecule has 0 aliphatic heterocycles. The highest BCUT2D eigenvalue weighted by Gasteiger charge is 2.47. The SMILES string of the molecule is COC1(c2ccc(CC(N)(c3cccc(N(CC(=O)O)C(=O)OC(C)(C)C)n3)S(=O)(=O)c3ccccn3)cc2)CC1. The zero-order valence-electron chi connectivity index (χ0n) is 23.4. The minimum atomic E-state index is -4.37. The number of pyridine rings is 2. The number of aromatic nitrogens is 2. The van der Waals surface area contributed by atoms with Crippen LogP contribution in [0.3, 0.4) is 0 Å². The van der Waals surface area contributed by atoms with Crippen molar-refractivity contribution in [3.05, 3.63) is 83.7 Å². The number of sulfone groups is 1. The van der Waals surface area contributed by atoms with E-state index in [2.05, 4.69) is 9.97 Å². The van der Waals surface area contributed by atoms with Crippen molar-refractivity contribution in [3.8, 4) is 0 Å². The average Bonchev–Trinajstić information content (AvgIpc) is 3.73. The van der Waals surface area contributed by atoms with Crippen molar-refractivity contribution in [1.29, 1.82) is 0 Å². The molecule has 1 aromatic carbocycles. The van der Waals surface area contributed by atoms with Gasteiger partial charge in [0.2, 0.25) is 9.84 Å². The molecular formula is C29H34N4O7S. The van der Waals surface area contributed by atoms with E-state index in [9.17, 15) is 23.1 Å². The van der Waals surface area contributed by atoms with Crippen LogP contribution >= 0.6 is 0 Å². The number of methoxy groups -OCH3 is 1. The first-order valence-corrected chi connectivity index (χ1v) is 14.5. The number of hydrogen-bond donors (Lipinski definition) is 2. The van der Waals surface area contributed by atoms with Crippen molar-refractivity contribution in [2.45, 2.75) is 61.1 Å². The quantitative estimate of drug-likeness (QED) is 0.360. The summed E-state index contributed by atoms with van der Waals surface area (Å²) in [7, 11) is -2.71. The van der Waals surface area contributed by atoms with Crippen LogP contribution in [0.5, 0.6) is 0 Å². The van der Waals surface area contributed by atoms with E-state index in [4.69, 9.17) is 15.2 Å². The van der Waals surface area contributed by atoms with E-state index >= 15 is 0 Å². The lowest BCUT2D eigenvalue weighted by atomic mass is 9.99. The maximum absolute atomic E-state index is 14.1. The van der Waals surface area contributed by atoms with Gasteiger partial charge >= 0.3 is 12.1 Å². The molecule has 218 valence electrons. The fraction of sp³-hybridized carbons (Fsp3) is 0.379. The maximum atomic E-state index is 14.1. The number of anilines is 1. The second-order valence-corrected chi connectivity index (χ2v) is 13.1. The molecule has 0 saturated heterocycles. The summed E-state index contributed by atoms with van der Waals surface area (Å²) >= 11 is 0. The van der Waals surface area contributed by atoms with Crippen molar-refractivity contribution < 1.29 is 32.6 Å². The molecule has 1 aliphatic rings. The van der Waals surface area contributed by atoms with Gasteiger partial charge in [-0.15, -0.1) is 0 Å². The van der Waals surface area contributed by atoms with Crippen molar-refractivity contribution in [1.82, 2.24) is 9.97 Å². The highest BCUT2D eigenvalue weighted by atomic mass is 32.2. The molecule has 1 fully saturated rings. The standard InChI is InChI=1S/C29H34N4O7S/c1-27(2,3)40-26(36)33(19-25(34)35)23-9-7-8-22(32-23)29(30,41(37,38)24-10-5-6-17-31-24)18-20-11-13-21(14-12-20)28(39-4)15-16-28/h5-14,17H,15-16,18-19,30H2,1-4H3,(H,34,35). The molecule has 11 nitrogen and oxygen atoms in total. The van der Waals surface area contributed by atoms with Crippen LogP contribution < -0.4 is 10.6 Å². The molecule has 3 aromatic rings. The normalized spacial score (nSPS) is 15.9. The van der Waals surface area contributed by atoms with Crippen molar-refractivity contribution in [2.75, 3.05) is 18.6 Å². The monoisotopic (exact) mass is 582 g/mol. The molecule has 1 atom stereocenters. The van der Waals surface area contributed by atoms with Crippen LogP contribution in [-0.2, 0) is 41.0 Å². The third-order valence-corrected chi connectivity index (χ3v) is 8.89. The van der Waals surface area contributed by atoms with Crippen LogP contribution in [0.4, 0.5) is 10.6 Å². The number of benzene rings is 1. The summed E-state index contributed by atoms with van der Waals surface area (Å²) in [5, 5.41) is 9.23. The molecule has 1 saturated carbocycles. The largest absolute Gasteiger partial charge is 0.480 e. The van der Waals surface area contributed by atoms with E-state index in [1.807, 2.05) is 12.1 Å². The Balaban J connectivity index is 1.80. The number of hydrogen-bond acceptors (Lipinski definition) is 9. The number of rotatable bonds is 10. The highest BCUT2D eigenvalue weighted by molar-refractivity contribution is 7.92. The minimum absolute atomic E-state index is 0.0979.